The third-order valence-corrected chi connectivity index (χ3v) is 3.36. The first kappa shape index (κ1) is 10.2. The van der Waals surface area contributed by atoms with E-state index >= 15 is 0 Å². The van der Waals surface area contributed by atoms with Crippen LogP contribution in [0, 0.1) is 5.92 Å². The van der Waals surface area contributed by atoms with E-state index in [0.717, 1.165) is 12.8 Å². The molecule has 1 saturated carbocycles. The number of aliphatic carboxylic acids is 1. The van der Waals surface area contributed by atoms with Gasteiger partial charge in [0, 0.05) is 0 Å². The molecule has 2 atom stereocenters. The van der Waals surface area contributed by atoms with Crippen LogP contribution >= 0.6 is 0 Å². The summed E-state index contributed by atoms with van der Waals surface area (Å²) in [5.41, 5.74) is 6.01. The summed E-state index contributed by atoms with van der Waals surface area (Å²) in [6.45, 7) is 0. The Kier molecular flexibility index (Phi) is 2.49. The van der Waals surface area contributed by atoms with Crippen LogP contribution in [-0.4, -0.2) is 16.6 Å². The van der Waals surface area contributed by atoms with E-state index in [1.807, 2.05) is 30.3 Å². The van der Waals surface area contributed by atoms with Crippen molar-refractivity contribution < 1.29 is 9.90 Å². The molecule has 2 rings (SSSR count). The summed E-state index contributed by atoms with van der Waals surface area (Å²) in [6, 6.07) is 9.91. The van der Waals surface area contributed by atoms with Gasteiger partial charge in [-0.3, -0.25) is 4.79 Å². The van der Waals surface area contributed by atoms with Crippen molar-refractivity contribution in [2.75, 3.05) is 0 Å². The normalized spacial score (nSPS) is 29.5. The zero-order valence-corrected chi connectivity index (χ0v) is 8.52. The number of nitrogens with two attached hydrogens (primary N) is 1. The first-order valence-corrected chi connectivity index (χ1v) is 5.19. The predicted molar refractivity (Wildman–Crippen MR) is 57.4 cm³/mol. The van der Waals surface area contributed by atoms with Gasteiger partial charge in [0.2, 0.25) is 0 Å². The molecule has 0 radical (unpaired) electrons. The van der Waals surface area contributed by atoms with Gasteiger partial charge in [0.25, 0.3) is 0 Å². The fourth-order valence-corrected chi connectivity index (χ4v) is 2.12. The molecule has 0 saturated heterocycles. The first-order chi connectivity index (χ1) is 7.13. The molecular weight excluding hydrogens is 190 g/mol. The molecule has 1 aromatic carbocycles. The topological polar surface area (TPSA) is 63.3 Å². The highest BCUT2D eigenvalue weighted by Gasteiger charge is 2.49. The van der Waals surface area contributed by atoms with E-state index < -0.39 is 11.5 Å². The molecule has 3 heteroatoms. The highest BCUT2D eigenvalue weighted by molar-refractivity contribution is 5.80. The van der Waals surface area contributed by atoms with Gasteiger partial charge in [-0.25, -0.2) is 0 Å². The van der Waals surface area contributed by atoms with Crippen LogP contribution in [0.25, 0.3) is 0 Å². The molecular formula is C12H15NO2. The Morgan fingerprint density at radius 2 is 2.13 bits per heavy atom. The molecule has 1 aromatic rings. The van der Waals surface area contributed by atoms with E-state index in [4.69, 9.17) is 10.8 Å². The third kappa shape index (κ3) is 1.75. The molecule has 0 aromatic heterocycles. The number of carboxylic acids is 1. The van der Waals surface area contributed by atoms with Gasteiger partial charge in [0.1, 0.15) is 5.54 Å². The standard InChI is InChI=1S/C12H15NO2/c13-12(11(14)15)7-6-10(12)8-9-4-2-1-3-5-9/h1-5,10H,6-8,13H2,(H,14,15). The number of benzene rings is 1. The Bertz CT molecular complexity index is 363. The lowest BCUT2D eigenvalue weighted by atomic mass is 9.65. The van der Waals surface area contributed by atoms with Crippen molar-refractivity contribution in [2.24, 2.45) is 11.7 Å². The highest BCUT2D eigenvalue weighted by Crippen LogP contribution is 2.38. The van der Waals surface area contributed by atoms with Gasteiger partial charge < -0.3 is 10.8 Å². The molecule has 0 bridgehead atoms. The van der Waals surface area contributed by atoms with Crippen LogP contribution in [-0.2, 0) is 11.2 Å². The third-order valence-electron chi connectivity index (χ3n) is 3.36. The van der Waals surface area contributed by atoms with Crippen molar-refractivity contribution in [3.63, 3.8) is 0 Å². The van der Waals surface area contributed by atoms with Crippen molar-refractivity contribution in [3.05, 3.63) is 35.9 Å². The van der Waals surface area contributed by atoms with Crippen LogP contribution < -0.4 is 5.73 Å². The Morgan fingerprint density at radius 1 is 1.47 bits per heavy atom. The fraction of sp³-hybridized carbons (Fsp3) is 0.417. The van der Waals surface area contributed by atoms with E-state index in [-0.39, 0.29) is 5.92 Å². The van der Waals surface area contributed by atoms with Crippen LogP contribution in [0.4, 0.5) is 0 Å². The molecule has 3 nitrogen and oxygen atoms in total. The van der Waals surface area contributed by atoms with Gasteiger partial charge in [0.15, 0.2) is 0 Å². The monoisotopic (exact) mass is 205 g/mol. The van der Waals surface area contributed by atoms with E-state index in [1.54, 1.807) is 0 Å². The maximum Gasteiger partial charge on any atom is 0.323 e. The van der Waals surface area contributed by atoms with Crippen LogP contribution in [0.2, 0.25) is 0 Å². The summed E-state index contributed by atoms with van der Waals surface area (Å²) in [4.78, 5) is 11.0. The zero-order valence-electron chi connectivity index (χ0n) is 8.52. The van der Waals surface area contributed by atoms with Crippen molar-refractivity contribution >= 4 is 5.97 Å². The lowest BCUT2D eigenvalue weighted by molar-refractivity contribution is -0.150. The highest BCUT2D eigenvalue weighted by atomic mass is 16.4. The minimum atomic E-state index is -0.990. The van der Waals surface area contributed by atoms with E-state index in [1.165, 1.54) is 5.56 Å². The molecule has 0 heterocycles. The van der Waals surface area contributed by atoms with Gasteiger partial charge in [-0.05, 0) is 30.7 Å². The second kappa shape index (κ2) is 3.66. The van der Waals surface area contributed by atoms with Crippen molar-refractivity contribution in [1.82, 2.24) is 0 Å². The van der Waals surface area contributed by atoms with Gasteiger partial charge in [-0.2, -0.15) is 0 Å². The largest absolute Gasteiger partial charge is 0.480 e. The number of rotatable bonds is 3. The summed E-state index contributed by atoms with van der Waals surface area (Å²) in [5.74, 6) is -0.785. The summed E-state index contributed by atoms with van der Waals surface area (Å²) >= 11 is 0. The summed E-state index contributed by atoms with van der Waals surface area (Å²) in [7, 11) is 0. The maximum atomic E-state index is 11.0. The summed E-state index contributed by atoms with van der Waals surface area (Å²) < 4.78 is 0. The molecule has 80 valence electrons. The van der Waals surface area contributed by atoms with Gasteiger partial charge in [0.05, 0.1) is 0 Å². The SMILES string of the molecule is NC1(C(=O)O)CCC1Cc1ccccc1. The minimum absolute atomic E-state index is 0.0809. The Balaban J connectivity index is 2.06. The molecule has 1 aliphatic rings. The number of carbonyl (C=O) groups is 1. The minimum Gasteiger partial charge on any atom is -0.480 e. The second-order valence-corrected chi connectivity index (χ2v) is 4.27. The van der Waals surface area contributed by atoms with Crippen LogP contribution in [0.5, 0.6) is 0 Å². The van der Waals surface area contributed by atoms with Crippen LogP contribution in [0.1, 0.15) is 18.4 Å². The zero-order chi connectivity index (χ0) is 10.9. The quantitative estimate of drug-likeness (QED) is 0.784. The molecule has 1 aliphatic carbocycles. The summed E-state index contributed by atoms with van der Waals surface area (Å²) in [5, 5.41) is 9.02. The van der Waals surface area contributed by atoms with E-state index in [2.05, 4.69) is 0 Å². The average molecular weight is 205 g/mol. The van der Waals surface area contributed by atoms with E-state index in [9.17, 15) is 4.79 Å². The fourth-order valence-electron chi connectivity index (χ4n) is 2.12. The lowest BCUT2D eigenvalue weighted by Crippen LogP contribution is -2.61. The number of hydrogen-bond donors (Lipinski definition) is 2. The number of hydrogen-bond acceptors (Lipinski definition) is 2. The van der Waals surface area contributed by atoms with Crippen molar-refractivity contribution in [1.29, 1.82) is 0 Å². The van der Waals surface area contributed by atoms with Gasteiger partial charge >= 0.3 is 5.97 Å². The molecule has 0 amide bonds. The molecule has 3 N–H and O–H groups in total. The first-order valence-electron chi connectivity index (χ1n) is 5.19. The Hall–Kier alpha value is -1.35. The maximum absolute atomic E-state index is 11.0. The summed E-state index contributed by atoms with van der Waals surface area (Å²) in [6.07, 6.45) is 2.28. The smallest absolute Gasteiger partial charge is 0.323 e. The van der Waals surface area contributed by atoms with E-state index in [0.29, 0.717) is 6.42 Å². The average Bonchev–Trinajstić information content (AvgIpc) is 2.24. The van der Waals surface area contributed by atoms with Gasteiger partial charge in [-0.15, -0.1) is 0 Å². The second-order valence-electron chi connectivity index (χ2n) is 4.27. The van der Waals surface area contributed by atoms with Crippen molar-refractivity contribution in [3.8, 4) is 0 Å². The predicted octanol–water partition coefficient (Wildman–Crippen LogP) is 1.42. The lowest BCUT2D eigenvalue weighted by Gasteiger charge is -2.43. The molecule has 0 spiro atoms. The molecule has 1 fully saturated rings. The number of carboxylic acid groups (broad SMARTS) is 1. The van der Waals surface area contributed by atoms with Crippen LogP contribution in [0.15, 0.2) is 30.3 Å². The van der Waals surface area contributed by atoms with Crippen molar-refractivity contribution in [2.45, 2.75) is 24.8 Å². The molecule has 0 aliphatic heterocycles. The Morgan fingerprint density at radius 3 is 2.60 bits per heavy atom. The Labute approximate surface area is 88.9 Å². The molecule has 15 heavy (non-hydrogen) atoms. The van der Waals surface area contributed by atoms with Crippen LogP contribution in [0.3, 0.4) is 0 Å². The molecule has 2 unspecified atom stereocenters. The van der Waals surface area contributed by atoms with Gasteiger partial charge in [-0.1, -0.05) is 30.3 Å².